The van der Waals surface area contributed by atoms with Crippen LogP contribution in [0.15, 0.2) is 30.3 Å². The molecule has 1 saturated heterocycles. The van der Waals surface area contributed by atoms with Gasteiger partial charge in [-0.3, -0.25) is 4.79 Å². The third-order valence-electron chi connectivity index (χ3n) is 3.67. The van der Waals surface area contributed by atoms with Crippen LogP contribution in [0.4, 0.5) is 5.82 Å². The maximum Gasteiger partial charge on any atom is 0.241 e. The molecule has 1 aromatic heterocycles. The van der Waals surface area contributed by atoms with Crippen LogP contribution in [-0.4, -0.2) is 49.6 Å². The molecule has 0 aliphatic carbocycles. The number of ether oxygens (including phenoxy) is 1. The lowest BCUT2D eigenvalue weighted by molar-refractivity contribution is -0.129. The number of anilines is 1. The van der Waals surface area contributed by atoms with Gasteiger partial charge in [-0.25, -0.2) is 4.98 Å². The topological polar surface area (TPSA) is 45.7 Å². The smallest absolute Gasteiger partial charge is 0.241 e. The van der Waals surface area contributed by atoms with Crippen molar-refractivity contribution in [3.8, 4) is 5.75 Å². The monoisotopic (exact) mass is 271 g/mol. The lowest BCUT2D eigenvalue weighted by atomic mass is 10.2. The highest BCUT2D eigenvalue weighted by molar-refractivity contribution is 5.87. The number of carbonyl (C=O) groups excluding carboxylic acids is 1. The van der Waals surface area contributed by atoms with Gasteiger partial charge in [0.2, 0.25) is 5.91 Å². The molecule has 1 aromatic carbocycles. The largest absolute Gasteiger partial charge is 0.494 e. The van der Waals surface area contributed by atoms with E-state index in [-0.39, 0.29) is 5.91 Å². The van der Waals surface area contributed by atoms with E-state index in [0.717, 1.165) is 35.6 Å². The van der Waals surface area contributed by atoms with Crippen LogP contribution in [0.2, 0.25) is 0 Å². The summed E-state index contributed by atoms with van der Waals surface area (Å²) in [4.78, 5) is 20.2. The van der Waals surface area contributed by atoms with Crippen LogP contribution in [0, 0.1) is 0 Å². The van der Waals surface area contributed by atoms with Gasteiger partial charge in [0, 0.05) is 25.5 Å². The molecule has 0 spiro atoms. The fourth-order valence-corrected chi connectivity index (χ4v) is 2.40. The zero-order chi connectivity index (χ0) is 14.1. The predicted molar refractivity (Wildman–Crippen MR) is 78.1 cm³/mol. The summed E-state index contributed by atoms with van der Waals surface area (Å²) >= 11 is 0. The van der Waals surface area contributed by atoms with E-state index in [1.54, 1.807) is 12.0 Å². The molecule has 1 aliphatic rings. The van der Waals surface area contributed by atoms with Crippen LogP contribution in [0.1, 0.15) is 0 Å². The van der Waals surface area contributed by atoms with Crippen molar-refractivity contribution in [2.24, 2.45) is 0 Å². The first-order valence-electron chi connectivity index (χ1n) is 6.62. The van der Waals surface area contributed by atoms with Crippen molar-refractivity contribution < 1.29 is 9.53 Å². The molecule has 0 saturated carbocycles. The number of methoxy groups -OCH3 is 1. The second kappa shape index (κ2) is 5.00. The molecule has 5 nitrogen and oxygen atoms in total. The van der Waals surface area contributed by atoms with Crippen molar-refractivity contribution in [2.45, 2.75) is 0 Å². The first kappa shape index (κ1) is 12.7. The standard InChI is InChI=1S/C15H17N3O2/c1-17-8-9-18(10-14(17)19)13-7-6-11-4-3-5-12(20-2)15(11)16-13/h3-7H,8-10H2,1-2H3. The van der Waals surface area contributed by atoms with E-state index in [9.17, 15) is 4.79 Å². The van der Waals surface area contributed by atoms with Crippen molar-refractivity contribution in [3.05, 3.63) is 30.3 Å². The number of nitrogens with zero attached hydrogens (tertiary/aromatic N) is 3. The highest BCUT2D eigenvalue weighted by Crippen LogP contribution is 2.26. The van der Waals surface area contributed by atoms with Gasteiger partial charge in [0.1, 0.15) is 17.1 Å². The summed E-state index contributed by atoms with van der Waals surface area (Å²) in [5.74, 6) is 1.70. The number of aromatic nitrogens is 1. The highest BCUT2D eigenvalue weighted by Gasteiger charge is 2.22. The average molecular weight is 271 g/mol. The van der Waals surface area contributed by atoms with E-state index in [1.807, 2.05) is 42.3 Å². The van der Waals surface area contributed by atoms with E-state index < -0.39 is 0 Å². The summed E-state index contributed by atoms with van der Waals surface area (Å²) in [5.41, 5.74) is 0.832. The molecule has 104 valence electrons. The number of hydrogen-bond donors (Lipinski definition) is 0. The molecular formula is C15H17N3O2. The van der Waals surface area contributed by atoms with Crippen LogP contribution in [0.3, 0.4) is 0 Å². The minimum absolute atomic E-state index is 0.123. The predicted octanol–water partition coefficient (Wildman–Crippen LogP) is 1.52. The molecule has 0 unspecified atom stereocenters. The van der Waals surface area contributed by atoms with Crippen LogP contribution < -0.4 is 9.64 Å². The maximum atomic E-state index is 11.8. The molecule has 0 radical (unpaired) electrons. The molecule has 3 rings (SSSR count). The van der Waals surface area contributed by atoms with Crippen LogP contribution >= 0.6 is 0 Å². The lowest BCUT2D eigenvalue weighted by Crippen LogP contribution is -2.48. The Morgan fingerprint density at radius 2 is 2.05 bits per heavy atom. The van der Waals surface area contributed by atoms with Crippen molar-refractivity contribution >= 4 is 22.6 Å². The molecule has 0 N–H and O–H groups in total. The molecule has 0 bridgehead atoms. The number of fused-ring (bicyclic) bond motifs is 1. The van der Waals surface area contributed by atoms with E-state index in [1.165, 1.54) is 0 Å². The van der Waals surface area contributed by atoms with Gasteiger partial charge < -0.3 is 14.5 Å². The number of pyridine rings is 1. The molecule has 0 atom stereocenters. The average Bonchev–Trinajstić information content (AvgIpc) is 2.49. The second-order valence-electron chi connectivity index (χ2n) is 4.94. The Morgan fingerprint density at radius 3 is 2.80 bits per heavy atom. The van der Waals surface area contributed by atoms with Gasteiger partial charge in [0.15, 0.2) is 0 Å². The Bertz CT molecular complexity index is 657. The van der Waals surface area contributed by atoms with E-state index >= 15 is 0 Å². The zero-order valence-electron chi connectivity index (χ0n) is 11.7. The van der Waals surface area contributed by atoms with E-state index in [2.05, 4.69) is 4.98 Å². The van der Waals surface area contributed by atoms with Gasteiger partial charge in [0.05, 0.1) is 13.7 Å². The van der Waals surface area contributed by atoms with Gasteiger partial charge in [-0.05, 0) is 18.2 Å². The first-order chi connectivity index (χ1) is 9.69. The number of carbonyl (C=O) groups is 1. The number of piperazine rings is 1. The van der Waals surface area contributed by atoms with Gasteiger partial charge in [-0.15, -0.1) is 0 Å². The van der Waals surface area contributed by atoms with Crippen molar-refractivity contribution in [2.75, 3.05) is 38.7 Å². The fourth-order valence-electron chi connectivity index (χ4n) is 2.40. The fraction of sp³-hybridized carbons (Fsp3) is 0.333. The second-order valence-corrected chi connectivity index (χ2v) is 4.94. The Hall–Kier alpha value is -2.30. The summed E-state index contributed by atoms with van der Waals surface area (Å²) < 4.78 is 5.35. The summed E-state index contributed by atoms with van der Waals surface area (Å²) in [6.07, 6.45) is 0. The number of para-hydroxylation sites is 1. The zero-order valence-corrected chi connectivity index (χ0v) is 11.7. The van der Waals surface area contributed by atoms with Crippen molar-refractivity contribution in [1.29, 1.82) is 0 Å². The molecule has 2 heterocycles. The van der Waals surface area contributed by atoms with Crippen molar-refractivity contribution in [1.82, 2.24) is 9.88 Å². The summed E-state index contributed by atoms with van der Waals surface area (Å²) in [5, 5.41) is 1.04. The molecule has 20 heavy (non-hydrogen) atoms. The normalized spacial score (nSPS) is 15.8. The minimum Gasteiger partial charge on any atom is -0.494 e. The van der Waals surface area contributed by atoms with Crippen LogP contribution in [0.25, 0.3) is 10.9 Å². The number of rotatable bonds is 2. The first-order valence-corrected chi connectivity index (χ1v) is 6.62. The van der Waals surface area contributed by atoms with E-state index in [0.29, 0.717) is 6.54 Å². The molecule has 1 fully saturated rings. The summed E-state index contributed by atoms with van der Waals surface area (Å²) in [7, 11) is 3.47. The molecule has 2 aromatic rings. The van der Waals surface area contributed by atoms with Crippen molar-refractivity contribution in [3.63, 3.8) is 0 Å². The number of benzene rings is 1. The molecule has 1 aliphatic heterocycles. The third-order valence-corrected chi connectivity index (χ3v) is 3.67. The number of likely N-dealkylation sites (N-methyl/N-ethyl adjacent to an activating group) is 1. The quantitative estimate of drug-likeness (QED) is 0.831. The lowest BCUT2D eigenvalue weighted by Gasteiger charge is -2.32. The Kier molecular flexibility index (Phi) is 3.18. The van der Waals surface area contributed by atoms with Gasteiger partial charge in [-0.2, -0.15) is 0 Å². The SMILES string of the molecule is COc1cccc2ccc(N3CCN(C)C(=O)C3)nc12. The van der Waals surface area contributed by atoms with Crippen LogP contribution in [0.5, 0.6) is 5.75 Å². The Labute approximate surface area is 117 Å². The van der Waals surface area contributed by atoms with Gasteiger partial charge in [-0.1, -0.05) is 12.1 Å². The minimum atomic E-state index is 0.123. The number of hydrogen-bond acceptors (Lipinski definition) is 4. The Morgan fingerprint density at radius 1 is 1.20 bits per heavy atom. The summed E-state index contributed by atoms with van der Waals surface area (Å²) in [6, 6.07) is 9.82. The van der Waals surface area contributed by atoms with Gasteiger partial charge in [0.25, 0.3) is 0 Å². The molecule has 5 heteroatoms. The third kappa shape index (κ3) is 2.15. The summed E-state index contributed by atoms with van der Waals surface area (Å²) in [6.45, 7) is 1.91. The molecular weight excluding hydrogens is 254 g/mol. The van der Waals surface area contributed by atoms with Crippen LogP contribution in [-0.2, 0) is 4.79 Å². The highest BCUT2D eigenvalue weighted by atomic mass is 16.5. The Balaban J connectivity index is 1.98. The van der Waals surface area contributed by atoms with E-state index in [4.69, 9.17) is 4.74 Å². The maximum absolute atomic E-state index is 11.8. The van der Waals surface area contributed by atoms with Gasteiger partial charge >= 0.3 is 0 Å². The molecule has 1 amide bonds. The number of amides is 1.